The van der Waals surface area contributed by atoms with Gasteiger partial charge in [0.2, 0.25) is 0 Å². The van der Waals surface area contributed by atoms with Gasteiger partial charge in [0.05, 0.1) is 0 Å². The van der Waals surface area contributed by atoms with Crippen LogP contribution < -0.4 is 5.73 Å². The lowest BCUT2D eigenvalue weighted by atomic mass is 10.1. The Morgan fingerprint density at radius 3 is 2.70 bits per heavy atom. The molecule has 2 nitrogen and oxygen atoms in total. The summed E-state index contributed by atoms with van der Waals surface area (Å²) in [6.07, 6.45) is 0. The molecule has 0 amide bonds. The van der Waals surface area contributed by atoms with E-state index in [4.69, 9.17) is 5.73 Å². The molecule has 0 aliphatic heterocycles. The molecule has 0 atom stereocenters. The predicted molar refractivity (Wildman–Crippen MR) is 39.6 cm³/mol. The highest BCUT2D eigenvalue weighted by molar-refractivity contribution is 5.38. The molecule has 1 rings (SSSR count). The zero-order valence-electron chi connectivity index (χ0n) is 5.89. The molecule has 53 valence electrons. The van der Waals surface area contributed by atoms with Crippen molar-refractivity contribution in [2.75, 3.05) is 0 Å². The normalized spacial score (nSPS) is 9.80. The average molecular weight is 136 g/mol. The van der Waals surface area contributed by atoms with Gasteiger partial charge in [0.15, 0.2) is 0 Å². The van der Waals surface area contributed by atoms with Gasteiger partial charge in [-0.1, -0.05) is 18.2 Å². The van der Waals surface area contributed by atoms with E-state index >= 15 is 0 Å². The number of para-hydroxylation sites is 1. The Hall–Kier alpha value is -1.02. The third-order valence-corrected chi connectivity index (χ3v) is 1.51. The summed E-state index contributed by atoms with van der Waals surface area (Å²) in [5.41, 5.74) is 8.55. The van der Waals surface area contributed by atoms with Crippen LogP contribution in [0.2, 0.25) is 0 Å². The monoisotopic (exact) mass is 136 g/mol. The Labute approximate surface area is 60.3 Å². The number of phenolic OH excluding ortho intramolecular Hbond substituents is 1. The number of hydrogen-bond acceptors (Lipinski definition) is 1. The SMILES string of the molecule is Cc1cccc(C[NH])c1O. The van der Waals surface area contributed by atoms with Crippen molar-refractivity contribution in [1.82, 2.24) is 5.73 Å². The van der Waals surface area contributed by atoms with Crippen LogP contribution in [-0.4, -0.2) is 5.11 Å². The van der Waals surface area contributed by atoms with Gasteiger partial charge in [-0.2, -0.15) is 0 Å². The molecule has 0 spiro atoms. The lowest BCUT2D eigenvalue weighted by Crippen LogP contribution is -1.86. The molecule has 2 N–H and O–H groups in total. The van der Waals surface area contributed by atoms with E-state index in [0.717, 1.165) is 5.56 Å². The van der Waals surface area contributed by atoms with Crippen LogP contribution >= 0.6 is 0 Å². The predicted octanol–water partition coefficient (Wildman–Crippen LogP) is 1.48. The van der Waals surface area contributed by atoms with Gasteiger partial charge in [-0.15, -0.1) is 0 Å². The summed E-state index contributed by atoms with van der Waals surface area (Å²) in [7, 11) is 0. The number of nitrogens with one attached hydrogen (secondary N) is 1. The first-order chi connectivity index (χ1) is 4.75. The van der Waals surface area contributed by atoms with Crippen LogP contribution in [-0.2, 0) is 6.54 Å². The van der Waals surface area contributed by atoms with E-state index in [9.17, 15) is 5.11 Å². The molecule has 0 unspecified atom stereocenters. The maximum Gasteiger partial charge on any atom is 0.123 e. The molecule has 0 fully saturated rings. The number of benzene rings is 1. The van der Waals surface area contributed by atoms with E-state index in [1.165, 1.54) is 0 Å². The first-order valence-corrected chi connectivity index (χ1v) is 3.17. The van der Waals surface area contributed by atoms with Gasteiger partial charge < -0.3 is 5.11 Å². The lowest BCUT2D eigenvalue weighted by molar-refractivity contribution is 0.464. The van der Waals surface area contributed by atoms with Crippen LogP contribution in [0.15, 0.2) is 18.2 Å². The van der Waals surface area contributed by atoms with Crippen molar-refractivity contribution in [1.29, 1.82) is 0 Å². The molecule has 0 aliphatic carbocycles. The van der Waals surface area contributed by atoms with Gasteiger partial charge in [-0.05, 0) is 12.5 Å². The van der Waals surface area contributed by atoms with Crippen LogP contribution in [0.5, 0.6) is 5.75 Å². The fourth-order valence-corrected chi connectivity index (χ4v) is 0.862. The minimum atomic E-state index is 0.146. The Kier molecular flexibility index (Phi) is 1.92. The number of hydrogen-bond donors (Lipinski definition) is 1. The standard InChI is InChI=1S/C8H10NO/c1-6-3-2-4-7(5-9)8(6)10/h2-4,9-10H,5H2,1H3. The summed E-state index contributed by atoms with van der Waals surface area (Å²) in [5, 5.41) is 9.28. The van der Waals surface area contributed by atoms with E-state index < -0.39 is 0 Å². The van der Waals surface area contributed by atoms with Crippen LogP contribution in [0.3, 0.4) is 0 Å². The summed E-state index contributed by atoms with van der Waals surface area (Å²) < 4.78 is 0. The maximum absolute atomic E-state index is 9.28. The van der Waals surface area contributed by atoms with E-state index in [0.29, 0.717) is 5.56 Å². The number of rotatable bonds is 1. The van der Waals surface area contributed by atoms with E-state index in [1.807, 2.05) is 19.1 Å². The Morgan fingerprint density at radius 2 is 2.20 bits per heavy atom. The van der Waals surface area contributed by atoms with Gasteiger partial charge >= 0.3 is 0 Å². The zero-order valence-corrected chi connectivity index (χ0v) is 5.89. The molecule has 0 saturated heterocycles. The Balaban J connectivity index is 3.14. The zero-order chi connectivity index (χ0) is 7.56. The molecular formula is C8H10NO. The summed E-state index contributed by atoms with van der Waals surface area (Å²) >= 11 is 0. The summed E-state index contributed by atoms with van der Waals surface area (Å²) in [6.45, 7) is 1.97. The average Bonchev–Trinajstić information content (AvgIpc) is 1.95. The third-order valence-electron chi connectivity index (χ3n) is 1.51. The molecule has 2 heteroatoms. The van der Waals surface area contributed by atoms with E-state index in [2.05, 4.69) is 0 Å². The van der Waals surface area contributed by atoms with Gasteiger partial charge in [0.25, 0.3) is 0 Å². The second-order valence-electron chi connectivity index (χ2n) is 2.26. The smallest absolute Gasteiger partial charge is 0.123 e. The highest BCUT2D eigenvalue weighted by Gasteiger charge is 1.99. The van der Waals surface area contributed by atoms with Gasteiger partial charge in [0, 0.05) is 12.1 Å². The first kappa shape index (κ1) is 7.09. The quantitative estimate of drug-likeness (QED) is 0.624. The fourth-order valence-electron chi connectivity index (χ4n) is 0.862. The van der Waals surface area contributed by atoms with Crippen molar-refractivity contribution in [2.24, 2.45) is 0 Å². The maximum atomic E-state index is 9.28. The van der Waals surface area contributed by atoms with Crippen molar-refractivity contribution in [3.8, 4) is 5.75 Å². The van der Waals surface area contributed by atoms with Crippen LogP contribution in [0.1, 0.15) is 11.1 Å². The van der Waals surface area contributed by atoms with Crippen LogP contribution in [0, 0.1) is 6.92 Å². The summed E-state index contributed by atoms with van der Waals surface area (Å²) in [4.78, 5) is 0. The van der Waals surface area contributed by atoms with E-state index in [1.54, 1.807) is 6.07 Å². The van der Waals surface area contributed by atoms with Crippen molar-refractivity contribution in [2.45, 2.75) is 13.5 Å². The highest BCUT2D eigenvalue weighted by Crippen LogP contribution is 2.20. The molecule has 0 saturated carbocycles. The van der Waals surface area contributed by atoms with Gasteiger partial charge in [-0.3, -0.25) is 5.73 Å². The van der Waals surface area contributed by atoms with Crippen molar-refractivity contribution < 1.29 is 5.11 Å². The minimum absolute atomic E-state index is 0.146. The molecule has 0 aromatic heterocycles. The summed E-state index contributed by atoms with van der Waals surface area (Å²) in [6, 6.07) is 5.43. The molecule has 1 radical (unpaired) electrons. The topological polar surface area (TPSA) is 44.0 Å². The van der Waals surface area contributed by atoms with Crippen molar-refractivity contribution >= 4 is 0 Å². The number of phenols is 1. The van der Waals surface area contributed by atoms with Crippen LogP contribution in [0.25, 0.3) is 0 Å². The van der Waals surface area contributed by atoms with E-state index in [-0.39, 0.29) is 12.3 Å². The molecule has 1 aromatic rings. The van der Waals surface area contributed by atoms with Crippen LogP contribution in [0.4, 0.5) is 0 Å². The molecule has 0 aliphatic rings. The van der Waals surface area contributed by atoms with Crippen molar-refractivity contribution in [3.63, 3.8) is 0 Å². The number of aryl methyl sites for hydroxylation is 1. The third kappa shape index (κ3) is 1.11. The molecule has 10 heavy (non-hydrogen) atoms. The molecule has 1 aromatic carbocycles. The number of aromatic hydroxyl groups is 1. The van der Waals surface area contributed by atoms with Gasteiger partial charge in [0.1, 0.15) is 5.75 Å². The van der Waals surface area contributed by atoms with Gasteiger partial charge in [-0.25, -0.2) is 0 Å². The Bertz CT molecular complexity index is 233. The minimum Gasteiger partial charge on any atom is -0.507 e. The molecule has 0 heterocycles. The highest BCUT2D eigenvalue weighted by atomic mass is 16.3. The largest absolute Gasteiger partial charge is 0.507 e. The molecular weight excluding hydrogens is 126 g/mol. The second kappa shape index (κ2) is 2.71. The fraction of sp³-hybridized carbons (Fsp3) is 0.250. The lowest BCUT2D eigenvalue weighted by Gasteiger charge is -2.02. The Morgan fingerprint density at radius 1 is 1.50 bits per heavy atom. The second-order valence-corrected chi connectivity index (χ2v) is 2.26. The van der Waals surface area contributed by atoms with Crippen molar-refractivity contribution in [3.05, 3.63) is 29.3 Å². The summed E-state index contributed by atoms with van der Waals surface area (Å²) in [5.74, 6) is 0.262. The first-order valence-electron chi connectivity index (χ1n) is 3.17. The molecule has 0 bridgehead atoms.